The van der Waals surface area contributed by atoms with E-state index in [1.165, 1.54) is 32.1 Å². The number of hydrogen-bond donors (Lipinski definition) is 1. The second-order valence-electron chi connectivity index (χ2n) is 13.9. The molecule has 4 aliphatic carbocycles. The first-order valence-corrected chi connectivity index (χ1v) is 13.6. The predicted molar refractivity (Wildman–Crippen MR) is 120 cm³/mol. The van der Waals surface area contributed by atoms with Gasteiger partial charge < -0.3 is 19.7 Å². The van der Waals surface area contributed by atoms with Crippen LogP contribution in [0, 0.1) is 51.5 Å². The number of hydroxylamine groups is 3. The third-order valence-electron chi connectivity index (χ3n) is 13.0. The maximum atomic E-state index is 14.4. The summed E-state index contributed by atoms with van der Waals surface area (Å²) >= 11 is 0. The molecule has 7 rings (SSSR count). The Kier molecular flexibility index (Phi) is 3.85. The van der Waals surface area contributed by atoms with Gasteiger partial charge in [-0.1, -0.05) is 27.7 Å². The second kappa shape index (κ2) is 5.90. The Morgan fingerprint density at radius 3 is 2.58 bits per heavy atom. The van der Waals surface area contributed by atoms with Gasteiger partial charge in [0, 0.05) is 42.4 Å². The number of piperidine rings is 1. The monoisotopic (exact) mass is 429 g/mol. The molecule has 31 heavy (non-hydrogen) atoms. The minimum atomic E-state index is -0.169. The maximum Gasteiger partial charge on any atom is 0.103 e. The largest absolute Gasteiger partial charge is 0.632 e. The molecule has 7 fully saturated rings. The Morgan fingerprint density at radius 1 is 0.968 bits per heavy atom. The zero-order valence-electron chi connectivity index (χ0n) is 20.1. The highest BCUT2D eigenvalue weighted by Gasteiger charge is 2.78. The molecule has 0 bridgehead atoms. The first kappa shape index (κ1) is 20.2. The van der Waals surface area contributed by atoms with Crippen LogP contribution in [0.4, 0.5) is 0 Å². The van der Waals surface area contributed by atoms with Crippen LogP contribution in [0.2, 0.25) is 0 Å². The molecule has 14 atom stereocenters. The van der Waals surface area contributed by atoms with Gasteiger partial charge in [0.05, 0.1) is 30.8 Å². The van der Waals surface area contributed by atoms with Crippen LogP contribution in [0.3, 0.4) is 0 Å². The molecular formula is C27H43NO3. The summed E-state index contributed by atoms with van der Waals surface area (Å²) in [4.78, 5) is 0. The van der Waals surface area contributed by atoms with E-state index in [2.05, 4.69) is 27.7 Å². The van der Waals surface area contributed by atoms with Gasteiger partial charge in [0.1, 0.15) is 5.60 Å². The third-order valence-corrected chi connectivity index (χ3v) is 13.0. The molecule has 3 saturated heterocycles. The van der Waals surface area contributed by atoms with Crippen LogP contribution in [-0.4, -0.2) is 46.2 Å². The van der Waals surface area contributed by atoms with Gasteiger partial charge in [-0.25, -0.2) is 0 Å². The summed E-state index contributed by atoms with van der Waals surface area (Å²) in [6, 6.07) is 0.717. The normalized spacial score (nSPS) is 68.7. The fourth-order valence-electron chi connectivity index (χ4n) is 11.8. The van der Waals surface area contributed by atoms with Gasteiger partial charge in [0.15, 0.2) is 0 Å². The van der Waals surface area contributed by atoms with Crippen LogP contribution in [0.15, 0.2) is 0 Å². The average Bonchev–Trinajstić information content (AvgIpc) is 3.22. The number of fused-ring (bicyclic) bond motifs is 8. The van der Waals surface area contributed by atoms with Crippen LogP contribution >= 0.6 is 0 Å². The van der Waals surface area contributed by atoms with E-state index in [-0.39, 0.29) is 21.8 Å². The average molecular weight is 430 g/mol. The van der Waals surface area contributed by atoms with Gasteiger partial charge in [-0.3, -0.25) is 0 Å². The standard InChI is InChI=1S/C27H43NO3/c1-15-5-6-21-16(2)24-22(28(21,30)14-15)12-20-18-11-23-27(31-23)13-17(29)7-10-26(27,4)19(18)8-9-25(20,24)3/h15-24,29H,5-14H2,1-4H3/t15-,16+,17-,18-,19-,20-,21-,22+,23+,24-,25+,26-,27-,28+/m1/s1. The first-order valence-electron chi connectivity index (χ1n) is 13.6. The number of aliphatic hydroxyl groups is 1. The molecule has 3 heterocycles. The number of quaternary nitrogens is 1. The Balaban J connectivity index is 1.24. The van der Waals surface area contributed by atoms with Gasteiger partial charge >= 0.3 is 0 Å². The molecule has 174 valence electrons. The summed E-state index contributed by atoms with van der Waals surface area (Å²) in [6.45, 7) is 10.8. The lowest BCUT2D eigenvalue weighted by Gasteiger charge is -2.59. The Morgan fingerprint density at radius 2 is 1.77 bits per heavy atom. The second-order valence-corrected chi connectivity index (χ2v) is 13.9. The quantitative estimate of drug-likeness (QED) is 0.339. The van der Waals surface area contributed by atoms with Gasteiger partial charge in [-0.15, -0.1) is 0 Å². The minimum Gasteiger partial charge on any atom is -0.632 e. The number of ether oxygens (including phenoxy) is 1. The lowest BCUT2D eigenvalue weighted by Crippen LogP contribution is -2.59. The summed E-state index contributed by atoms with van der Waals surface area (Å²) in [5, 5.41) is 24.9. The van der Waals surface area contributed by atoms with Crippen molar-refractivity contribution in [1.82, 2.24) is 0 Å². The fraction of sp³-hybridized carbons (Fsp3) is 1.00. The smallest absolute Gasteiger partial charge is 0.103 e. The SMILES string of the molecule is C[C@@H]1CC[C@@H]2[C@H](C)[C@@H]3[C@H](C[C@@H]4[C@@H]5C[C@@H]6O[C@]67C[C@H](O)CC[C@]7(C)[C@@H]5CC[C@]34C)[N@+]2([O-])C1. The summed E-state index contributed by atoms with van der Waals surface area (Å²) in [7, 11) is 0. The van der Waals surface area contributed by atoms with Crippen molar-refractivity contribution in [1.29, 1.82) is 0 Å². The number of rotatable bonds is 0. The summed E-state index contributed by atoms with van der Waals surface area (Å²) in [5.41, 5.74) is 0.554. The topological polar surface area (TPSA) is 55.8 Å². The highest BCUT2D eigenvalue weighted by molar-refractivity contribution is 5.25. The summed E-state index contributed by atoms with van der Waals surface area (Å²) < 4.78 is 6.68. The van der Waals surface area contributed by atoms with E-state index in [0.717, 1.165) is 44.1 Å². The molecule has 7 aliphatic rings. The van der Waals surface area contributed by atoms with E-state index in [4.69, 9.17) is 4.74 Å². The first-order chi connectivity index (χ1) is 14.6. The van der Waals surface area contributed by atoms with Crippen molar-refractivity contribution in [3.05, 3.63) is 5.21 Å². The van der Waals surface area contributed by atoms with Crippen LogP contribution in [-0.2, 0) is 4.74 Å². The molecule has 4 nitrogen and oxygen atoms in total. The molecule has 1 N–H and O–H groups in total. The van der Waals surface area contributed by atoms with E-state index in [1.54, 1.807) is 0 Å². The number of hydrogen-bond acceptors (Lipinski definition) is 3. The Hall–Kier alpha value is -0.160. The highest BCUT2D eigenvalue weighted by atomic mass is 16.6. The minimum absolute atomic E-state index is 0.0267. The molecular weight excluding hydrogens is 386 g/mol. The van der Waals surface area contributed by atoms with E-state index >= 15 is 0 Å². The molecule has 0 aromatic rings. The molecule has 1 spiro atoms. The Labute approximate surface area is 188 Å². The van der Waals surface area contributed by atoms with Crippen molar-refractivity contribution < 1.29 is 14.5 Å². The van der Waals surface area contributed by atoms with E-state index in [1.807, 2.05) is 0 Å². The summed E-state index contributed by atoms with van der Waals surface area (Å²) in [6.07, 6.45) is 10.5. The molecule has 0 radical (unpaired) electrons. The van der Waals surface area contributed by atoms with Gasteiger partial charge in [0.2, 0.25) is 0 Å². The van der Waals surface area contributed by atoms with Gasteiger partial charge in [-0.2, -0.15) is 0 Å². The van der Waals surface area contributed by atoms with Crippen molar-refractivity contribution in [3.8, 4) is 0 Å². The molecule has 3 aliphatic heterocycles. The summed E-state index contributed by atoms with van der Waals surface area (Å²) in [5.74, 6) is 3.95. The molecule has 0 aromatic heterocycles. The van der Waals surface area contributed by atoms with E-state index in [9.17, 15) is 10.3 Å². The van der Waals surface area contributed by atoms with E-state index < -0.39 is 0 Å². The zero-order chi connectivity index (χ0) is 21.6. The number of nitrogens with zero attached hydrogens (tertiary/aromatic N) is 1. The van der Waals surface area contributed by atoms with Crippen molar-refractivity contribution in [2.24, 2.45) is 46.3 Å². The zero-order valence-corrected chi connectivity index (χ0v) is 20.1. The number of epoxide rings is 1. The third kappa shape index (κ3) is 2.19. The Bertz CT molecular complexity index is 803. The van der Waals surface area contributed by atoms with Gasteiger partial charge in [-0.05, 0) is 61.7 Å². The molecule has 0 amide bonds. The van der Waals surface area contributed by atoms with Crippen molar-refractivity contribution in [2.75, 3.05) is 6.54 Å². The van der Waals surface area contributed by atoms with Crippen LogP contribution in [0.25, 0.3) is 0 Å². The molecule has 0 unspecified atom stereocenters. The van der Waals surface area contributed by atoms with Crippen LogP contribution in [0.1, 0.15) is 85.5 Å². The van der Waals surface area contributed by atoms with Crippen molar-refractivity contribution in [3.63, 3.8) is 0 Å². The molecule has 0 aromatic carbocycles. The van der Waals surface area contributed by atoms with Crippen molar-refractivity contribution in [2.45, 2.75) is 115 Å². The predicted octanol–water partition coefficient (Wildman–Crippen LogP) is 4.88. The van der Waals surface area contributed by atoms with Crippen LogP contribution < -0.4 is 0 Å². The van der Waals surface area contributed by atoms with E-state index in [0.29, 0.717) is 47.3 Å². The van der Waals surface area contributed by atoms with Crippen molar-refractivity contribution >= 4 is 0 Å². The van der Waals surface area contributed by atoms with Gasteiger partial charge in [0.25, 0.3) is 0 Å². The molecule has 4 heteroatoms. The lowest BCUT2D eigenvalue weighted by molar-refractivity contribution is -0.926. The molecule has 4 saturated carbocycles. The maximum absolute atomic E-state index is 14.4. The van der Waals surface area contributed by atoms with Crippen LogP contribution in [0.5, 0.6) is 0 Å². The highest BCUT2D eigenvalue weighted by Crippen LogP contribution is 2.75. The fourth-order valence-corrected chi connectivity index (χ4v) is 11.8. The lowest BCUT2D eigenvalue weighted by atomic mass is 9.44. The number of aliphatic hydroxyl groups excluding tert-OH is 1.